The second-order valence-corrected chi connectivity index (χ2v) is 9.15. The van der Waals surface area contributed by atoms with Crippen LogP contribution in [0.2, 0.25) is 0 Å². The van der Waals surface area contributed by atoms with Gasteiger partial charge in [-0.2, -0.15) is 0 Å². The van der Waals surface area contributed by atoms with E-state index in [1.165, 1.54) is 80.9 Å². The van der Waals surface area contributed by atoms with Gasteiger partial charge in [0.15, 0.2) is 5.78 Å². The van der Waals surface area contributed by atoms with Crippen LogP contribution in [-0.2, 0) is 6.42 Å². The average Bonchev–Trinajstić information content (AvgIpc) is 2.91. The predicted octanol–water partition coefficient (Wildman–Crippen LogP) is 9.11. The summed E-state index contributed by atoms with van der Waals surface area (Å²) in [5, 5.41) is 0. The van der Waals surface area contributed by atoms with Gasteiger partial charge in [-0.05, 0) is 78.4 Å². The first-order chi connectivity index (χ1) is 17.6. The Hall–Kier alpha value is -3.46. The van der Waals surface area contributed by atoms with Gasteiger partial charge in [0.1, 0.15) is 11.6 Å². The highest BCUT2D eigenvalue weighted by Crippen LogP contribution is 2.15. The lowest BCUT2D eigenvalue weighted by atomic mass is 10.0. The molecule has 3 aromatic rings. The fraction of sp³-hybridized carbons (Fsp3) is 0.303. The van der Waals surface area contributed by atoms with Gasteiger partial charge in [-0.15, -0.1) is 0 Å². The Kier molecular flexibility index (Phi) is 11.7. The molecule has 0 amide bonds. The Labute approximate surface area is 215 Å². The van der Waals surface area contributed by atoms with E-state index < -0.39 is 0 Å². The van der Waals surface area contributed by atoms with Crippen molar-refractivity contribution in [3.8, 4) is 5.75 Å². The monoisotopic (exact) mass is 484 g/mol. The zero-order chi connectivity index (χ0) is 25.4. The summed E-state index contributed by atoms with van der Waals surface area (Å²) in [6.45, 7) is 4.55. The van der Waals surface area contributed by atoms with Gasteiger partial charge in [0.25, 0.3) is 0 Å². The van der Waals surface area contributed by atoms with E-state index in [0.717, 1.165) is 36.3 Å². The highest BCUT2D eigenvalue weighted by atomic mass is 19.1. The average molecular weight is 485 g/mol. The van der Waals surface area contributed by atoms with Crippen molar-refractivity contribution in [2.75, 3.05) is 6.61 Å². The molecule has 3 rings (SSSR count). The molecule has 0 spiro atoms. The smallest absolute Gasteiger partial charge is 0.185 e. The van der Waals surface area contributed by atoms with Crippen molar-refractivity contribution in [1.82, 2.24) is 0 Å². The minimum atomic E-state index is -0.338. The molecule has 0 radical (unpaired) electrons. The Morgan fingerprint density at radius 1 is 0.722 bits per heavy atom. The van der Waals surface area contributed by atoms with Crippen molar-refractivity contribution in [2.24, 2.45) is 0 Å². The molecule has 0 aromatic heterocycles. The van der Waals surface area contributed by atoms with Gasteiger partial charge in [-0.3, -0.25) is 4.79 Å². The number of hydrogen-bond donors (Lipinski definition) is 0. The standard InChI is InChI=1S/C33H37FO2/c1-2-27-16-23-32(24-17-27)36-26-10-8-6-4-3-5-7-9-11-28-12-14-29(15-13-28)18-25-33(35)30-19-21-31(34)22-20-30/h2,12-25H,1,3-11,26H2. The van der Waals surface area contributed by atoms with Crippen molar-refractivity contribution in [3.63, 3.8) is 0 Å². The highest BCUT2D eigenvalue weighted by Gasteiger charge is 2.02. The van der Waals surface area contributed by atoms with Gasteiger partial charge >= 0.3 is 0 Å². The molecule has 3 aromatic carbocycles. The maximum absolute atomic E-state index is 13.0. The number of hydrogen-bond acceptors (Lipinski definition) is 2. The van der Waals surface area contributed by atoms with Crippen LogP contribution in [-0.4, -0.2) is 12.4 Å². The molecule has 2 nitrogen and oxygen atoms in total. The zero-order valence-electron chi connectivity index (χ0n) is 21.1. The van der Waals surface area contributed by atoms with Gasteiger partial charge in [0.05, 0.1) is 6.61 Å². The molecule has 188 valence electrons. The summed E-state index contributed by atoms with van der Waals surface area (Å²) < 4.78 is 18.8. The molecule has 0 aliphatic carbocycles. The van der Waals surface area contributed by atoms with Crippen molar-refractivity contribution < 1.29 is 13.9 Å². The largest absolute Gasteiger partial charge is 0.494 e. The maximum atomic E-state index is 13.0. The van der Waals surface area contributed by atoms with Crippen LogP contribution in [0.25, 0.3) is 12.2 Å². The van der Waals surface area contributed by atoms with Crippen LogP contribution >= 0.6 is 0 Å². The number of carbonyl (C=O) groups is 1. The van der Waals surface area contributed by atoms with Crippen LogP contribution in [0.1, 0.15) is 78.4 Å². The summed E-state index contributed by atoms with van der Waals surface area (Å²) in [5.74, 6) is 0.473. The maximum Gasteiger partial charge on any atom is 0.185 e. The molecule has 0 saturated carbocycles. The Morgan fingerprint density at radius 3 is 1.94 bits per heavy atom. The summed E-state index contributed by atoms with van der Waals surface area (Å²) in [6, 6.07) is 22.0. The molecule has 0 unspecified atom stereocenters. The summed E-state index contributed by atoms with van der Waals surface area (Å²) in [5.41, 5.74) is 3.92. The lowest BCUT2D eigenvalue weighted by Gasteiger charge is -2.06. The Morgan fingerprint density at radius 2 is 1.31 bits per heavy atom. The van der Waals surface area contributed by atoms with E-state index in [4.69, 9.17) is 4.74 Å². The topological polar surface area (TPSA) is 26.3 Å². The fourth-order valence-electron chi connectivity index (χ4n) is 4.06. The molecular weight excluding hydrogens is 447 g/mol. The minimum Gasteiger partial charge on any atom is -0.494 e. The van der Waals surface area contributed by atoms with Gasteiger partial charge in [0, 0.05) is 5.56 Å². The third kappa shape index (κ3) is 10.0. The summed E-state index contributed by atoms with van der Waals surface area (Å²) in [7, 11) is 0. The number of benzene rings is 3. The second kappa shape index (κ2) is 15.5. The first-order valence-corrected chi connectivity index (χ1v) is 13.1. The van der Waals surface area contributed by atoms with Crippen LogP contribution < -0.4 is 4.74 Å². The minimum absolute atomic E-state index is 0.123. The molecule has 0 N–H and O–H groups in total. The van der Waals surface area contributed by atoms with Gasteiger partial charge in [-0.1, -0.05) is 93.7 Å². The summed E-state index contributed by atoms with van der Waals surface area (Å²) >= 11 is 0. The number of ether oxygens (including phenoxy) is 1. The van der Waals surface area contributed by atoms with Gasteiger partial charge in [-0.25, -0.2) is 4.39 Å². The molecule has 0 aliphatic rings. The molecule has 0 aliphatic heterocycles. The molecule has 3 heteroatoms. The second-order valence-electron chi connectivity index (χ2n) is 9.15. The van der Waals surface area contributed by atoms with Crippen molar-refractivity contribution >= 4 is 17.9 Å². The van der Waals surface area contributed by atoms with E-state index in [-0.39, 0.29) is 11.6 Å². The highest BCUT2D eigenvalue weighted by molar-refractivity contribution is 6.06. The molecule has 0 atom stereocenters. The number of aryl methyl sites for hydroxylation is 1. The van der Waals surface area contributed by atoms with E-state index in [2.05, 4.69) is 18.7 Å². The molecule has 0 fully saturated rings. The summed E-state index contributed by atoms with van der Waals surface area (Å²) in [6.07, 6.45) is 16.2. The van der Waals surface area contributed by atoms with Crippen molar-refractivity contribution in [3.05, 3.63) is 114 Å². The SMILES string of the molecule is C=Cc1ccc(OCCCCCCCCCCc2ccc(C=CC(=O)c3ccc(F)cc3)cc2)cc1. The molecular formula is C33H37FO2. The third-order valence-corrected chi connectivity index (χ3v) is 6.28. The van der Waals surface area contributed by atoms with Gasteiger partial charge < -0.3 is 4.74 Å². The molecule has 0 bridgehead atoms. The first-order valence-electron chi connectivity index (χ1n) is 13.1. The van der Waals surface area contributed by atoms with E-state index >= 15 is 0 Å². The lowest BCUT2D eigenvalue weighted by molar-refractivity contribution is 0.104. The lowest BCUT2D eigenvalue weighted by Crippen LogP contribution is -1.97. The van der Waals surface area contributed by atoms with Crippen molar-refractivity contribution in [1.29, 1.82) is 0 Å². The van der Waals surface area contributed by atoms with Crippen LogP contribution in [0.5, 0.6) is 5.75 Å². The third-order valence-electron chi connectivity index (χ3n) is 6.28. The Balaban J connectivity index is 1.19. The molecule has 0 saturated heterocycles. The number of allylic oxidation sites excluding steroid dienone is 1. The quantitative estimate of drug-likeness (QED) is 0.115. The van der Waals surface area contributed by atoms with E-state index in [1.807, 2.05) is 48.6 Å². The van der Waals surface area contributed by atoms with Crippen LogP contribution in [0, 0.1) is 5.82 Å². The number of ketones is 1. The Bertz CT molecular complexity index is 1080. The van der Waals surface area contributed by atoms with E-state index in [9.17, 15) is 9.18 Å². The molecule has 36 heavy (non-hydrogen) atoms. The number of rotatable bonds is 16. The zero-order valence-corrected chi connectivity index (χ0v) is 21.1. The number of halogens is 1. The van der Waals surface area contributed by atoms with Crippen LogP contribution in [0.15, 0.2) is 85.5 Å². The fourth-order valence-corrected chi connectivity index (χ4v) is 4.06. The van der Waals surface area contributed by atoms with Gasteiger partial charge in [0.2, 0.25) is 0 Å². The predicted molar refractivity (Wildman–Crippen MR) is 149 cm³/mol. The first kappa shape index (κ1) is 27.1. The van der Waals surface area contributed by atoms with E-state index in [0.29, 0.717) is 5.56 Å². The van der Waals surface area contributed by atoms with Crippen LogP contribution in [0.3, 0.4) is 0 Å². The number of carbonyl (C=O) groups excluding carboxylic acids is 1. The molecule has 0 heterocycles. The normalized spacial score (nSPS) is 11.0. The van der Waals surface area contributed by atoms with Crippen LogP contribution in [0.4, 0.5) is 4.39 Å². The number of unbranched alkanes of at least 4 members (excludes halogenated alkanes) is 7. The van der Waals surface area contributed by atoms with E-state index in [1.54, 1.807) is 0 Å². The summed E-state index contributed by atoms with van der Waals surface area (Å²) in [4.78, 5) is 12.2. The van der Waals surface area contributed by atoms with Crippen molar-refractivity contribution in [2.45, 2.75) is 57.8 Å².